The van der Waals surface area contributed by atoms with Gasteiger partial charge in [-0.3, -0.25) is 4.79 Å². The molecule has 0 aliphatic rings. The number of hydrazone groups is 1. The van der Waals surface area contributed by atoms with Gasteiger partial charge in [-0.1, -0.05) is 15.9 Å². The minimum Gasteiger partial charge on any atom is -0.497 e. The average molecular weight is 513 g/mol. The highest BCUT2D eigenvalue weighted by atomic mass is 79.9. The Labute approximate surface area is 199 Å². The molecule has 170 valence electrons. The van der Waals surface area contributed by atoms with E-state index in [9.17, 15) is 9.59 Å². The van der Waals surface area contributed by atoms with E-state index in [1.807, 2.05) is 0 Å². The molecule has 9 heteroatoms. The minimum atomic E-state index is -0.536. The number of ether oxygens (including phenoxy) is 4. The first kappa shape index (κ1) is 23.8. The summed E-state index contributed by atoms with van der Waals surface area (Å²) < 4.78 is 21.8. The van der Waals surface area contributed by atoms with Gasteiger partial charge in [0.25, 0.3) is 5.91 Å². The molecule has 0 saturated heterocycles. The Morgan fingerprint density at radius 2 is 1.52 bits per heavy atom. The van der Waals surface area contributed by atoms with Crippen LogP contribution < -0.4 is 24.4 Å². The molecular formula is C24H21BrN2O6. The molecule has 3 rings (SSSR count). The van der Waals surface area contributed by atoms with Crippen LogP contribution in [0.15, 0.2) is 76.3 Å². The van der Waals surface area contributed by atoms with Gasteiger partial charge in [-0.05, 0) is 66.7 Å². The Morgan fingerprint density at radius 1 is 0.909 bits per heavy atom. The van der Waals surface area contributed by atoms with Gasteiger partial charge >= 0.3 is 5.97 Å². The van der Waals surface area contributed by atoms with Crippen molar-refractivity contribution in [3.8, 4) is 23.0 Å². The number of hydrogen-bond donors (Lipinski definition) is 1. The van der Waals surface area contributed by atoms with Crippen LogP contribution in [0.25, 0.3) is 0 Å². The van der Waals surface area contributed by atoms with Crippen LogP contribution >= 0.6 is 15.9 Å². The van der Waals surface area contributed by atoms with Gasteiger partial charge in [0.2, 0.25) is 0 Å². The molecule has 0 fully saturated rings. The fourth-order valence-electron chi connectivity index (χ4n) is 2.63. The van der Waals surface area contributed by atoms with Crippen molar-refractivity contribution in [3.05, 3.63) is 82.3 Å². The maximum atomic E-state index is 12.5. The maximum absolute atomic E-state index is 12.5. The van der Waals surface area contributed by atoms with Crippen LogP contribution in [-0.4, -0.2) is 38.9 Å². The predicted octanol–water partition coefficient (Wildman–Crippen LogP) is 4.21. The minimum absolute atomic E-state index is 0.221. The Hall–Kier alpha value is -3.85. The van der Waals surface area contributed by atoms with E-state index in [2.05, 4.69) is 26.5 Å². The number of carbonyl (C=O) groups excluding carboxylic acids is 2. The molecule has 0 spiro atoms. The smallest absolute Gasteiger partial charge is 0.343 e. The number of nitrogens with zero attached hydrogens (tertiary/aromatic N) is 1. The first-order chi connectivity index (χ1) is 16.0. The van der Waals surface area contributed by atoms with E-state index in [1.54, 1.807) is 80.9 Å². The maximum Gasteiger partial charge on any atom is 0.343 e. The second-order valence-electron chi connectivity index (χ2n) is 6.56. The molecule has 0 bridgehead atoms. The molecule has 3 aromatic carbocycles. The summed E-state index contributed by atoms with van der Waals surface area (Å²) in [5.41, 5.74) is 3.23. The standard InChI is InChI=1S/C24H21BrN2O6/c1-30-19-6-3-16(4-7-19)24(29)33-22-12-5-18(25)13-17(22)14-26-27-23(28)15-32-21-10-8-20(31-2)9-11-21/h3-14H,15H2,1-2H3,(H,27,28)/b26-14-. The van der Waals surface area contributed by atoms with Crippen LogP contribution in [0.5, 0.6) is 23.0 Å². The average Bonchev–Trinajstić information content (AvgIpc) is 2.84. The molecule has 1 N–H and O–H groups in total. The quantitative estimate of drug-likeness (QED) is 0.199. The molecule has 0 aliphatic carbocycles. The highest BCUT2D eigenvalue weighted by Crippen LogP contribution is 2.23. The molecule has 3 aromatic rings. The number of methoxy groups -OCH3 is 2. The number of carbonyl (C=O) groups is 2. The van der Waals surface area contributed by atoms with E-state index in [-0.39, 0.29) is 12.4 Å². The fourth-order valence-corrected chi connectivity index (χ4v) is 3.00. The lowest BCUT2D eigenvalue weighted by atomic mass is 10.2. The second kappa shape index (κ2) is 11.7. The number of hydrogen-bond acceptors (Lipinski definition) is 7. The number of halogens is 1. The van der Waals surface area contributed by atoms with Crippen LogP contribution in [0.3, 0.4) is 0 Å². The van der Waals surface area contributed by atoms with Crippen LogP contribution in [0.4, 0.5) is 0 Å². The van der Waals surface area contributed by atoms with Gasteiger partial charge in [-0.15, -0.1) is 0 Å². The van der Waals surface area contributed by atoms with E-state index in [4.69, 9.17) is 18.9 Å². The molecule has 8 nitrogen and oxygen atoms in total. The van der Waals surface area contributed by atoms with Gasteiger partial charge in [0, 0.05) is 10.0 Å². The Kier molecular flexibility index (Phi) is 8.43. The summed E-state index contributed by atoms with van der Waals surface area (Å²) in [4.78, 5) is 24.5. The zero-order chi connectivity index (χ0) is 23.6. The lowest BCUT2D eigenvalue weighted by Gasteiger charge is -2.09. The third kappa shape index (κ3) is 7.08. The molecule has 33 heavy (non-hydrogen) atoms. The van der Waals surface area contributed by atoms with Crippen molar-refractivity contribution in [2.75, 3.05) is 20.8 Å². The Balaban J connectivity index is 1.59. The highest BCUT2D eigenvalue weighted by molar-refractivity contribution is 9.10. The van der Waals surface area contributed by atoms with Crippen molar-refractivity contribution < 1.29 is 28.5 Å². The van der Waals surface area contributed by atoms with Crippen molar-refractivity contribution in [3.63, 3.8) is 0 Å². The van der Waals surface area contributed by atoms with E-state index in [1.165, 1.54) is 6.21 Å². The van der Waals surface area contributed by atoms with Crippen molar-refractivity contribution in [2.24, 2.45) is 5.10 Å². The first-order valence-electron chi connectivity index (χ1n) is 9.73. The van der Waals surface area contributed by atoms with Crippen molar-refractivity contribution in [2.45, 2.75) is 0 Å². The molecule has 0 radical (unpaired) electrons. The van der Waals surface area contributed by atoms with E-state index in [0.717, 1.165) is 4.47 Å². The number of rotatable bonds is 9. The van der Waals surface area contributed by atoms with Gasteiger partial charge in [0.05, 0.1) is 26.0 Å². The van der Waals surface area contributed by atoms with E-state index < -0.39 is 11.9 Å². The summed E-state index contributed by atoms with van der Waals surface area (Å²) in [6.45, 7) is -0.221. The van der Waals surface area contributed by atoms with Crippen molar-refractivity contribution in [1.29, 1.82) is 0 Å². The van der Waals surface area contributed by atoms with Gasteiger partial charge in [0.1, 0.15) is 23.0 Å². The second-order valence-corrected chi connectivity index (χ2v) is 7.47. The Morgan fingerprint density at radius 3 is 2.15 bits per heavy atom. The summed E-state index contributed by atoms with van der Waals surface area (Å²) >= 11 is 3.37. The van der Waals surface area contributed by atoms with Crippen LogP contribution in [0, 0.1) is 0 Å². The summed E-state index contributed by atoms with van der Waals surface area (Å²) in [6, 6.07) is 18.5. The monoisotopic (exact) mass is 512 g/mol. The van der Waals surface area contributed by atoms with Crippen molar-refractivity contribution in [1.82, 2.24) is 5.43 Å². The third-order valence-corrected chi connectivity index (χ3v) is 4.82. The number of nitrogens with one attached hydrogen (secondary N) is 1. The lowest BCUT2D eigenvalue weighted by molar-refractivity contribution is -0.123. The summed E-state index contributed by atoms with van der Waals surface area (Å²) in [5, 5.41) is 3.93. The van der Waals surface area contributed by atoms with Crippen LogP contribution in [0.1, 0.15) is 15.9 Å². The van der Waals surface area contributed by atoms with Gasteiger partial charge in [-0.25, -0.2) is 10.2 Å². The molecule has 0 unspecified atom stereocenters. The topological polar surface area (TPSA) is 95.5 Å². The van der Waals surface area contributed by atoms with E-state index >= 15 is 0 Å². The molecule has 0 aliphatic heterocycles. The lowest BCUT2D eigenvalue weighted by Crippen LogP contribution is -2.24. The highest BCUT2D eigenvalue weighted by Gasteiger charge is 2.12. The summed E-state index contributed by atoms with van der Waals surface area (Å²) in [7, 11) is 3.11. The molecule has 0 atom stereocenters. The Bertz CT molecular complexity index is 1130. The molecule has 0 saturated carbocycles. The normalized spacial score (nSPS) is 10.5. The summed E-state index contributed by atoms with van der Waals surface area (Å²) in [6.07, 6.45) is 1.38. The largest absolute Gasteiger partial charge is 0.497 e. The molecular weight excluding hydrogens is 492 g/mol. The van der Waals surface area contributed by atoms with Gasteiger partial charge in [-0.2, -0.15) is 5.10 Å². The van der Waals surface area contributed by atoms with Crippen LogP contribution in [-0.2, 0) is 4.79 Å². The zero-order valence-corrected chi connectivity index (χ0v) is 19.5. The fraction of sp³-hybridized carbons (Fsp3) is 0.125. The predicted molar refractivity (Wildman–Crippen MR) is 126 cm³/mol. The summed E-state index contributed by atoms with van der Waals surface area (Å²) in [5.74, 6) is 1.14. The first-order valence-corrected chi connectivity index (χ1v) is 10.5. The third-order valence-electron chi connectivity index (χ3n) is 4.32. The molecule has 1 amide bonds. The molecule has 0 aromatic heterocycles. The van der Waals surface area contributed by atoms with Gasteiger partial charge in [0.15, 0.2) is 6.61 Å². The zero-order valence-electron chi connectivity index (χ0n) is 17.9. The SMILES string of the molecule is COc1ccc(OCC(=O)N/N=C\c2cc(Br)ccc2OC(=O)c2ccc(OC)cc2)cc1. The van der Waals surface area contributed by atoms with Crippen LogP contribution in [0.2, 0.25) is 0 Å². The number of amides is 1. The number of esters is 1. The number of benzene rings is 3. The van der Waals surface area contributed by atoms with E-state index in [0.29, 0.717) is 28.4 Å². The molecule has 0 heterocycles. The van der Waals surface area contributed by atoms with Gasteiger partial charge < -0.3 is 18.9 Å². The van der Waals surface area contributed by atoms with Crippen molar-refractivity contribution >= 4 is 34.0 Å².